The fraction of sp³-hybridized carbons (Fsp3) is 0.333. The molecule has 11 heteroatoms. The topological polar surface area (TPSA) is 79.5 Å². The number of nitrogens with zero attached hydrogens (tertiary/aromatic N) is 4. The van der Waals surface area contributed by atoms with Crippen LogP contribution in [0, 0.1) is 0 Å². The summed E-state index contributed by atoms with van der Waals surface area (Å²) in [4.78, 5) is 6.53. The van der Waals surface area contributed by atoms with Gasteiger partial charge in [-0.2, -0.15) is 22.5 Å². The van der Waals surface area contributed by atoms with E-state index in [0.29, 0.717) is 26.2 Å². The summed E-state index contributed by atoms with van der Waals surface area (Å²) in [7, 11) is -3.56. The molecule has 0 N–H and O–H groups in total. The molecule has 1 saturated heterocycles. The van der Waals surface area contributed by atoms with E-state index in [9.17, 15) is 21.6 Å². The van der Waals surface area contributed by atoms with Crippen LogP contribution in [0.5, 0.6) is 0 Å². The molecule has 0 saturated carbocycles. The fourth-order valence-corrected chi connectivity index (χ4v) is 5.03. The zero-order valence-corrected chi connectivity index (χ0v) is 18.0. The second kappa shape index (κ2) is 8.64. The van der Waals surface area contributed by atoms with Crippen LogP contribution in [0.2, 0.25) is 0 Å². The third kappa shape index (κ3) is 4.54. The van der Waals surface area contributed by atoms with Gasteiger partial charge in [-0.3, -0.25) is 4.90 Å². The highest BCUT2D eigenvalue weighted by Gasteiger charge is 2.33. The van der Waals surface area contributed by atoms with Crippen molar-refractivity contribution in [3.05, 3.63) is 66.1 Å². The number of alkyl halides is 3. The molecule has 2 heterocycles. The van der Waals surface area contributed by atoms with Crippen LogP contribution in [0.3, 0.4) is 0 Å². The van der Waals surface area contributed by atoms with Crippen molar-refractivity contribution >= 4 is 10.0 Å². The van der Waals surface area contributed by atoms with Gasteiger partial charge in [-0.1, -0.05) is 35.5 Å². The standard InChI is InChI=1S/C21H21F3N4O3S/c1-15(20-25-19(26-31-20)16-6-5-7-17(14-16)21(22,23)24)27-10-12-28(13-11-27)32(29,30)18-8-3-2-4-9-18/h2-9,14-15H,10-13H2,1H3/t15-/m1/s1. The molecular formula is C21H21F3N4O3S. The minimum Gasteiger partial charge on any atom is -0.337 e. The summed E-state index contributed by atoms with van der Waals surface area (Å²) < 4.78 is 71.2. The van der Waals surface area contributed by atoms with E-state index in [2.05, 4.69) is 10.1 Å². The molecular weight excluding hydrogens is 445 g/mol. The van der Waals surface area contributed by atoms with Gasteiger partial charge < -0.3 is 4.52 Å². The minimum absolute atomic E-state index is 0.0724. The smallest absolute Gasteiger partial charge is 0.337 e. The maximum absolute atomic E-state index is 13.0. The van der Waals surface area contributed by atoms with Gasteiger partial charge in [-0.15, -0.1) is 0 Å². The first-order valence-corrected chi connectivity index (χ1v) is 11.4. The second-order valence-corrected chi connectivity index (χ2v) is 9.40. The average molecular weight is 466 g/mol. The first-order chi connectivity index (χ1) is 15.2. The molecule has 170 valence electrons. The number of hydrogen-bond donors (Lipinski definition) is 0. The van der Waals surface area contributed by atoms with Gasteiger partial charge in [0.05, 0.1) is 16.5 Å². The van der Waals surface area contributed by atoms with Crippen LogP contribution in [-0.4, -0.2) is 53.9 Å². The first-order valence-electron chi connectivity index (χ1n) is 9.97. The zero-order chi connectivity index (χ0) is 22.9. The predicted octanol–water partition coefficient (Wildman–Crippen LogP) is 3.82. The third-order valence-corrected chi connectivity index (χ3v) is 7.36. The lowest BCUT2D eigenvalue weighted by Crippen LogP contribution is -2.49. The van der Waals surface area contributed by atoms with Crippen molar-refractivity contribution in [1.82, 2.24) is 19.3 Å². The Bertz CT molecular complexity index is 1170. The number of hydrogen-bond acceptors (Lipinski definition) is 6. The highest BCUT2D eigenvalue weighted by molar-refractivity contribution is 7.89. The molecule has 0 unspecified atom stereocenters. The lowest BCUT2D eigenvalue weighted by molar-refractivity contribution is -0.137. The highest BCUT2D eigenvalue weighted by Crippen LogP contribution is 2.32. The quantitative estimate of drug-likeness (QED) is 0.569. The van der Waals surface area contributed by atoms with Crippen LogP contribution in [0.25, 0.3) is 11.4 Å². The summed E-state index contributed by atoms with van der Waals surface area (Å²) >= 11 is 0. The Balaban J connectivity index is 1.44. The predicted molar refractivity (Wildman–Crippen MR) is 110 cm³/mol. The molecule has 1 aliphatic rings. The van der Waals surface area contributed by atoms with Crippen LogP contribution in [0.15, 0.2) is 64.0 Å². The largest absolute Gasteiger partial charge is 0.416 e. The van der Waals surface area contributed by atoms with E-state index in [1.54, 1.807) is 30.3 Å². The normalized spacial score (nSPS) is 17.4. The summed E-state index contributed by atoms with van der Waals surface area (Å²) in [6.45, 7) is 3.35. The number of rotatable bonds is 5. The monoisotopic (exact) mass is 466 g/mol. The summed E-state index contributed by atoms with van der Waals surface area (Å²) in [5.41, 5.74) is -0.578. The molecule has 0 bridgehead atoms. The molecule has 1 aliphatic heterocycles. The molecule has 3 aromatic rings. The Morgan fingerprint density at radius 1 is 1.00 bits per heavy atom. The average Bonchev–Trinajstić information content (AvgIpc) is 3.29. The molecule has 0 radical (unpaired) electrons. The highest BCUT2D eigenvalue weighted by atomic mass is 32.2. The van der Waals surface area contributed by atoms with Crippen molar-refractivity contribution in [2.24, 2.45) is 0 Å². The SMILES string of the molecule is C[C@H](c1nc(-c2cccc(C(F)(F)F)c2)no1)N1CCN(S(=O)(=O)c2ccccc2)CC1. The molecule has 2 aromatic carbocycles. The fourth-order valence-electron chi connectivity index (χ4n) is 3.59. The molecule has 0 spiro atoms. The molecule has 0 aliphatic carbocycles. The van der Waals surface area contributed by atoms with Crippen molar-refractivity contribution in [1.29, 1.82) is 0 Å². The lowest BCUT2D eigenvalue weighted by atomic mass is 10.1. The maximum atomic E-state index is 13.0. The summed E-state index contributed by atoms with van der Waals surface area (Å²) in [6, 6.07) is 12.7. The first kappa shape index (κ1) is 22.4. The van der Waals surface area contributed by atoms with E-state index in [1.807, 2.05) is 11.8 Å². The summed E-state index contributed by atoms with van der Waals surface area (Å²) in [6.07, 6.45) is -4.46. The minimum atomic E-state index is -4.46. The lowest BCUT2D eigenvalue weighted by Gasteiger charge is -2.36. The number of halogens is 3. The molecule has 0 amide bonds. The van der Waals surface area contributed by atoms with Gasteiger partial charge in [0.1, 0.15) is 0 Å². The Kier molecular flexibility index (Phi) is 6.06. The van der Waals surface area contributed by atoms with Gasteiger partial charge in [0, 0.05) is 31.7 Å². The van der Waals surface area contributed by atoms with Crippen LogP contribution in [0.4, 0.5) is 13.2 Å². The van der Waals surface area contributed by atoms with Crippen molar-refractivity contribution in [3.63, 3.8) is 0 Å². The number of piperazine rings is 1. The van der Waals surface area contributed by atoms with Gasteiger partial charge in [0.15, 0.2) is 0 Å². The van der Waals surface area contributed by atoms with Crippen molar-refractivity contribution in [2.75, 3.05) is 26.2 Å². The van der Waals surface area contributed by atoms with Crippen LogP contribution in [0.1, 0.15) is 24.4 Å². The maximum Gasteiger partial charge on any atom is 0.416 e. The van der Waals surface area contributed by atoms with E-state index in [-0.39, 0.29) is 28.2 Å². The Labute approximate surface area is 183 Å². The Morgan fingerprint density at radius 3 is 2.34 bits per heavy atom. The number of sulfonamides is 1. The van der Waals surface area contributed by atoms with E-state index in [0.717, 1.165) is 12.1 Å². The summed E-state index contributed by atoms with van der Waals surface area (Å²) in [5.74, 6) is 0.333. The third-order valence-electron chi connectivity index (χ3n) is 5.45. The van der Waals surface area contributed by atoms with E-state index < -0.39 is 21.8 Å². The van der Waals surface area contributed by atoms with Crippen LogP contribution < -0.4 is 0 Å². The van der Waals surface area contributed by atoms with Gasteiger partial charge in [-0.25, -0.2) is 8.42 Å². The van der Waals surface area contributed by atoms with Crippen LogP contribution in [-0.2, 0) is 16.2 Å². The molecule has 1 atom stereocenters. The second-order valence-electron chi connectivity index (χ2n) is 7.46. The summed E-state index contributed by atoms with van der Waals surface area (Å²) in [5, 5.41) is 3.83. The van der Waals surface area contributed by atoms with Gasteiger partial charge in [-0.05, 0) is 31.2 Å². The number of benzene rings is 2. The van der Waals surface area contributed by atoms with Gasteiger partial charge >= 0.3 is 6.18 Å². The molecule has 7 nitrogen and oxygen atoms in total. The van der Waals surface area contributed by atoms with Crippen molar-refractivity contribution < 1.29 is 26.1 Å². The van der Waals surface area contributed by atoms with E-state index in [4.69, 9.17) is 4.52 Å². The molecule has 1 fully saturated rings. The van der Waals surface area contributed by atoms with Crippen molar-refractivity contribution in [3.8, 4) is 11.4 Å². The Morgan fingerprint density at radius 2 is 1.69 bits per heavy atom. The van der Waals surface area contributed by atoms with E-state index in [1.165, 1.54) is 16.4 Å². The van der Waals surface area contributed by atoms with E-state index >= 15 is 0 Å². The van der Waals surface area contributed by atoms with Crippen LogP contribution >= 0.6 is 0 Å². The molecule has 1 aromatic heterocycles. The van der Waals surface area contributed by atoms with Crippen molar-refractivity contribution in [2.45, 2.75) is 24.0 Å². The van der Waals surface area contributed by atoms with Gasteiger partial charge in [0.2, 0.25) is 21.7 Å². The molecule has 32 heavy (non-hydrogen) atoms. The van der Waals surface area contributed by atoms with Gasteiger partial charge in [0.25, 0.3) is 0 Å². The molecule has 4 rings (SSSR count). The number of aromatic nitrogens is 2. The Hall–Kier alpha value is -2.76. The zero-order valence-electron chi connectivity index (χ0n) is 17.2.